The Balaban J connectivity index is 1.74. The van der Waals surface area contributed by atoms with E-state index in [1.807, 2.05) is 12.1 Å². The zero-order valence-electron chi connectivity index (χ0n) is 14.9. The second kappa shape index (κ2) is 8.41. The fourth-order valence-electron chi connectivity index (χ4n) is 2.63. The summed E-state index contributed by atoms with van der Waals surface area (Å²) in [4.78, 5) is 33.6. The van der Waals surface area contributed by atoms with Gasteiger partial charge in [-0.1, -0.05) is 35.9 Å². The van der Waals surface area contributed by atoms with Crippen LogP contribution in [-0.2, 0) is 0 Å². The Morgan fingerprint density at radius 3 is 1.86 bits per heavy atom. The molecule has 3 aromatic rings. The predicted molar refractivity (Wildman–Crippen MR) is 111 cm³/mol. The van der Waals surface area contributed by atoms with Gasteiger partial charge in [0.1, 0.15) is 0 Å². The van der Waals surface area contributed by atoms with E-state index in [-0.39, 0.29) is 16.3 Å². The number of carbonyl (C=O) groups is 2. The summed E-state index contributed by atoms with van der Waals surface area (Å²) in [6, 6.07) is 17.1. The molecular formula is C20H15ClN4O4. The number of amides is 3. The Morgan fingerprint density at radius 2 is 1.38 bits per heavy atom. The highest BCUT2D eigenvalue weighted by Crippen LogP contribution is 2.25. The third-order valence-electron chi connectivity index (χ3n) is 4.03. The van der Waals surface area contributed by atoms with Gasteiger partial charge in [0.2, 0.25) is 0 Å². The number of anilines is 2. The largest absolute Gasteiger partial charge is 0.351 e. The molecule has 3 amide bonds. The summed E-state index contributed by atoms with van der Waals surface area (Å²) in [5.74, 6) is -0.548. The molecule has 0 aliphatic rings. The standard InChI is InChI=1S/C20H15ClN4O4/c21-18-10-9-16(25(28)29)11-17(18)19(26)23-14-5-1-12(2-6-14)13-3-7-15(8-4-13)24-20(22)27/h1-11H,(H,23,26)(H3,22,24,27). The summed E-state index contributed by atoms with van der Waals surface area (Å²) in [6.45, 7) is 0. The number of benzene rings is 3. The molecule has 0 radical (unpaired) electrons. The topological polar surface area (TPSA) is 127 Å². The van der Waals surface area contributed by atoms with Crippen LogP contribution in [0, 0.1) is 10.1 Å². The Hall–Kier alpha value is -3.91. The third kappa shape index (κ3) is 4.88. The van der Waals surface area contributed by atoms with Crippen molar-refractivity contribution < 1.29 is 14.5 Å². The smallest absolute Gasteiger partial charge is 0.316 e. The van der Waals surface area contributed by atoms with Crippen molar-refractivity contribution >= 4 is 40.6 Å². The van der Waals surface area contributed by atoms with E-state index in [9.17, 15) is 19.7 Å². The lowest BCUT2D eigenvalue weighted by Gasteiger charge is -2.09. The molecule has 146 valence electrons. The van der Waals surface area contributed by atoms with Gasteiger partial charge in [0, 0.05) is 23.5 Å². The molecule has 29 heavy (non-hydrogen) atoms. The van der Waals surface area contributed by atoms with E-state index in [0.717, 1.165) is 17.2 Å². The summed E-state index contributed by atoms with van der Waals surface area (Å²) in [7, 11) is 0. The van der Waals surface area contributed by atoms with Crippen LogP contribution < -0.4 is 16.4 Å². The van der Waals surface area contributed by atoms with Crippen molar-refractivity contribution in [2.75, 3.05) is 10.6 Å². The molecule has 0 unspecified atom stereocenters. The third-order valence-corrected chi connectivity index (χ3v) is 4.36. The molecule has 0 fully saturated rings. The maximum Gasteiger partial charge on any atom is 0.316 e. The van der Waals surface area contributed by atoms with E-state index in [1.54, 1.807) is 36.4 Å². The van der Waals surface area contributed by atoms with Gasteiger partial charge in [0.25, 0.3) is 11.6 Å². The number of primary amides is 1. The first-order valence-corrected chi connectivity index (χ1v) is 8.73. The fraction of sp³-hybridized carbons (Fsp3) is 0. The van der Waals surface area contributed by atoms with Crippen molar-refractivity contribution in [3.63, 3.8) is 0 Å². The monoisotopic (exact) mass is 410 g/mol. The molecule has 3 aromatic carbocycles. The first-order chi connectivity index (χ1) is 13.8. The van der Waals surface area contributed by atoms with Crippen molar-refractivity contribution in [3.8, 4) is 11.1 Å². The number of hydrogen-bond donors (Lipinski definition) is 3. The Kier molecular flexibility index (Phi) is 5.75. The molecule has 0 atom stereocenters. The van der Waals surface area contributed by atoms with Gasteiger partial charge in [-0.2, -0.15) is 0 Å². The average molecular weight is 411 g/mol. The number of non-ortho nitro benzene ring substituents is 1. The highest BCUT2D eigenvalue weighted by molar-refractivity contribution is 6.34. The predicted octanol–water partition coefficient (Wildman–Crippen LogP) is 4.66. The first kappa shape index (κ1) is 19.8. The van der Waals surface area contributed by atoms with Crippen molar-refractivity contribution in [2.45, 2.75) is 0 Å². The minimum atomic E-state index is -0.637. The first-order valence-electron chi connectivity index (χ1n) is 8.36. The van der Waals surface area contributed by atoms with Gasteiger partial charge < -0.3 is 16.4 Å². The number of nitrogens with zero attached hydrogens (tertiary/aromatic N) is 1. The number of halogens is 1. The van der Waals surface area contributed by atoms with E-state index in [1.165, 1.54) is 12.1 Å². The summed E-state index contributed by atoms with van der Waals surface area (Å²) in [5, 5.41) is 16.2. The van der Waals surface area contributed by atoms with Crippen LogP contribution in [0.2, 0.25) is 5.02 Å². The molecule has 0 aliphatic heterocycles. The lowest BCUT2D eigenvalue weighted by molar-refractivity contribution is -0.384. The summed E-state index contributed by atoms with van der Waals surface area (Å²) < 4.78 is 0. The van der Waals surface area contributed by atoms with Crippen LogP contribution >= 0.6 is 11.6 Å². The van der Waals surface area contributed by atoms with Crippen LogP contribution in [0.25, 0.3) is 11.1 Å². The van der Waals surface area contributed by atoms with Crippen molar-refractivity contribution in [2.24, 2.45) is 5.73 Å². The fourth-order valence-corrected chi connectivity index (χ4v) is 2.84. The Bertz CT molecular complexity index is 1080. The van der Waals surface area contributed by atoms with Crippen LogP contribution in [0.15, 0.2) is 66.7 Å². The van der Waals surface area contributed by atoms with Gasteiger partial charge in [0.05, 0.1) is 15.5 Å². The number of carbonyl (C=O) groups excluding carboxylic acids is 2. The molecule has 0 aliphatic carbocycles. The lowest BCUT2D eigenvalue weighted by Crippen LogP contribution is -2.19. The molecule has 0 heterocycles. The van der Waals surface area contributed by atoms with Crippen LogP contribution in [-0.4, -0.2) is 16.9 Å². The molecule has 3 rings (SSSR count). The minimum absolute atomic E-state index is 0.0162. The highest BCUT2D eigenvalue weighted by atomic mass is 35.5. The van der Waals surface area contributed by atoms with Crippen molar-refractivity contribution in [1.29, 1.82) is 0 Å². The van der Waals surface area contributed by atoms with E-state index < -0.39 is 16.9 Å². The van der Waals surface area contributed by atoms with Gasteiger partial charge in [-0.05, 0) is 41.5 Å². The SMILES string of the molecule is NC(=O)Nc1ccc(-c2ccc(NC(=O)c3cc([N+](=O)[O-])ccc3Cl)cc2)cc1. The maximum atomic E-state index is 12.4. The average Bonchev–Trinajstić information content (AvgIpc) is 2.69. The summed E-state index contributed by atoms with van der Waals surface area (Å²) in [5.41, 5.74) is 7.76. The maximum absolute atomic E-state index is 12.4. The zero-order chi connectivity index (χ0) is 21.0. The molecule has 0 spiro atoms. The number of nitrogens with two attached hydrogens (primary N) is 1. The number of rotatable bonds is 5. The van der Waals surface area contributed by atoms with Gasteiger partial charge in [-0.3, -0.25) is 14.9 Å². The molecule has 0 saturated heterocycles. The van der Waals surface area contributed by atoms with Crippen LogP contribution in [0.3, 0.4) is 0 Å². The van der Waals surface area contributed by atoms with E-state index in [0.29, 0.717) is 11.4 Å². The van der Waals surface area contributed by atoms with Gasteiger partial charge >= 0.3 is 6.03 Å². The van der Waals surface area contributed by atoms with Crippen LogP contribution in [0.5, 0.6) is 0 Å². The number of hydrogen-bond acceptors (Lipinski definition) is 4. The number of urea groups is 1. The number of nitrogens with one attached hydrogen (secondary N) is 2. The molecule has 8 nitrogen and oxygen atoms in total. The molecular weight excluding hydrogens is 396 g/mol. The van der Waals surface area contributed by atoms with E-state index >= 15 is 0 Å². The molecule has 0 saturated carbocycles. The van der Waals surface area contributed by atoms with Gasteiger partial charge in [0.15, 0.2) is 0 Å². The molecule has 0 bridgehead atoms. The summed E-state index contributed by atoms with van der Waals surface area (Å²) in [6.07, 6.45) is 0. The Morgan fingerprint density at radius 1 is 0.862 bits per heavy atom. The van der Waals surface area contributed by atoms with Crippen molar-refractivity contribution in [3.05, 3.63) is 87.4 Å². The minimum Gasteiger partial charge on any atom is -0.351 e. The van der Waals surface area contributed by atoms with Crippen molar-refractivity contribution in [1.82, 2.24) is 0 Å². The van der Waals surface area contributed by atoms with Crippen LogP contribution in [0.1, 0.15) is 10.4 Å². The summed E-state index contributed by atoms with van der Waals surface area (Å²) >= 11 is 5.99. The second-order valence-corrected chi connectivity index (χ2v) is 6.43. The highest BCUT2D eigenvalue weighted by Gasteiger charge is 2.16. The number of nitro benzene ring substituents is 1. The lowest BCUT2D eigenvalue weighted by atomic mass is 10.0. The van der Waals surface area contributed by atoms with Crippen LogP contribution in [0.4, 0.5) is 21.9 Å². The molecule has 4 N–H and O–H groups in total. The Labute approximate surface area is 170 Å². The quantitative estimate of drug-likeness (QED) is 0.417. The number of nitro groups is 1. The normalized spacial score (nSPS) is 10.2. The van der Waals surface area contributed by atoms with E-state index in [4.69, 9.17) is 17.3 Å². The molecule has 9 heteroatoms. The van der Waals surface area contributed by atoms with Gasteiger partial charge in [-0.25, -0.2) is 4.79 Å². The van der Waals surface area contributed by atoms with Gasteiger partial charge in [-0.15, -0.1) is 0 Å². The van der Waals surface area contributed by atoms with E-state index in [2.05, 4.69) is 10.6 Å². The molecule has 0 aromatic heterocycles. The zero-order valence-corrected chi connectivity index (χ0v) is 15.6. The second-order valence-electron chi connectivity index (χ2n) is 6.02.